The lowest BCUT2D eigenvalue weighted by molar-refractivity contribution is -0.0363. The number of halogens is 2. The molecule has 154 valence electrons. The number of rotatable bonds is 4. The molecule has 0 bridgehead atoms. The van der Waals surface area contributed by atoms with Gasteiger partial charge in [0.2, 0.25) is 0 Å². The fraction of sp³-hybridized carbons (Fsp3) is 0.409. The zero-order valence-electron chi connectivity index (χ0n) is 16.3. The van der Waals surface area contributed by atoms with Crippen LogP contribution < -0.4 is 4.90 Å². The molecule has 0 spiro atoms. The largest absolute Gasteiger partial charge is 0.373 e. The van der Waals surface area contributed by atoms with Crippen molar-refractivity contribution in [3.8, 4) is 0 Å². The van der Waals surface area contributed by atoms with Crippen LogP contribution in [0.25, 0.3) is 0 Å². The first kappa shape index (κ1) is 19.8. The fourth-order valence-electron chi connectivity index (χ4n) is 3.95. The Bertz CT molecular complexity index is 838. The Morgan fingerprint density at radius 3 is 2.45 bits per heavy atom. The van der Waals surface area contributed by atoms with Gasteiger partial charge >= 0.3 is 0 Å². The van der Waals surface area contributed by atoms with Crippen LogP contribution in [0.15, 0.2) is 48.5 Å². The highest BCUT2D eigenvalue weighted by molar-refractivity contribution is 5.94. The highest BCUT2D eigenvalue weighted by Gasteiger charge is 2.28. The van der Waals surface area contributed by atoms with E-state index >= 15 is 0 Å². The van der Waals surface area contributed by atoms with Crippen LogP contribution in [-0.2, 0) is 4.74 Å². The molecule has 2 aromatic carbocycles. The zero-order valence-corrected chi connectivity index (χ0v) is 16.3. The molecule has 0 radical (unpaired) electrons. The molecule has 1 atom stereocenters. The summed E-state index contributed by atoms with van der Waals surface area (Å²) in [5.74, 6) is -0.780. The average molecular weight is 401 g/mol. The van der Waals surface area contributed by atoms with Gasteiger partial charge < -0.3 is 14.5 Å². The van der Waals surface area contributed by atoms with Gasteiger partial charge in [-0.1, -0.05) is 6.07 Å². The molecule has 2 aliphatic rings. The van der Waals surface area contributed by atoms with Gasteiger partial charge in [0, 0.05) is 57.1 Å². The van der Waals surface area contributed by atoms with E-state index < -0.39 is 5.82 Å². The van der Waals surface area contributed by atoms with E-state index in [2.05, 4.69) is 9.80 Å². The lowest BCUT2D eigenvalue weighted by Crippen LogP contribution is -2.53. The Balaban J connectivity index is 1.29. The second-order valence-corrected chi connectivity index (χ2v) is 7.52. The lowest BCUT2D eigenvalue weighted by atomic mass is 10.1. The molecule has 5 nitrogen and oxygen atoms in total. The van der Waals surface area contributed by atoms with Crippen LogP contribution in [0.3, 0.4) is 0 Å². The van der Waals surface area contributed by atoms with Gasteiger partial charge in [0.15, 0.2) is 0 Å². The molecule has 2 aliphatic heterocycles. The van der Waals surface area contributed by atoms with Gasteiger partial charge in [-0.15, -0.1) is 0 Å². The zero-order chi connectivity index (χ0) is 20.2. The van der Waals surface area contributed by atoms with E-state index in [1.165, 1.54) is 24.3 Å². The summed E-state index contributed by atoms with van der Waals surface area (Å²) in [7, 11) is 0. The number of carbonyl (C=O) groups is 1. The fourth-order valence-corrected chi connectivity index (χ4v) is 3.95. The molecule has 2 aromatic rings. The Labute approximate surface area is 169 Å². The van der Waals surface area contributed by atoms with Gasteiger partial charge in [0.25, 0.3) is 5.91 Å². The number of amides is 1. The first-order valence-electron chi connectivity index (χ1n) is 9.98. The second kappa shape index (κ2) is 8.88. The summed E-state index contributed by atoms with van der Waals surface area (Å²) < 4.78 is 32.4. The van der Waals surface area contributed by atoms with Crippen LogP contribution in [0.1, 0.15) is 10.4 Å². The quantitative estimate of drug-likeness (QED) is 0.789. The van der Waals surface area contributed by atoms with Crippen molar-refractivity contribution in [1.82, 2.24) is 9.80 Å². The van der Waals surface area contributed by atoms with E-state index in [1.807, 2.05) is 12.1 Å². The van der Waals surface area contributed by atoms with Crippen molar-refractivity contribution in [2.24, 2.45) is 0 Å². The van der Waals surface area contributed by atoms with E-state index in [1.54, 1.807) is 17.0 Å². The van der Waals surface area contributed by atoms with Crippen LogP contribution in [0.5, 0.6) is 0 Å². The van der Waals surface area contributed by atoms with E-state index in [0.29, 0.717) is 25.3 Å². The molecule has 2 saturated heterocycles. The van der Waals surface area contributed by atoms with Crippen molar-refractivity contribution < 1.29 is 18.3 Å². The third-order valence-corrected chi connectivity index (χ3v) is 5.52. The molecule has 0 aliphatic carbocycles. The topological polar surface area (TPSA) is 36.0 Å². The Kier molecular flexibility index (Phi) is 6.06. The first-order chi connectivity index (χ1) is 14.1. The summed E-state index contributed by atoms with van der Waals surface area (Å²) >= 11 is 0. The monoisotopic (exact) mass is 401 g/mol. The number of carbonyl (C=O) groups excluding carboxylic acids is 1. The molecule has 1 amide bonds. The minimum absolute atomic E-state index is 0.0568. The molecular weight excluding hydrogens is 376 g/mol. The summed E-state index contributed by atoms with van der Waals surface area (Å²) in [6.07, 6.45) is -0.0568. The van der Waals surface area contributed by atoms with Gasteiger partial charge in [0.1, 0.15) is 11.6 Å². The maximum absolute atomic E-state index is 13.4. The molecule has 7 heteroatoms. The van der Waals surface area contributed by atoms with Crippen molar-refractivity contribution in [1.29, 1.82) is 0 Å². The van der Waals surface area contributed by atoms with Gasteiger partial charge in [-0.2, -0.15) is 0 Å². The predicted molar refractivity (Wildman–Crippen MR) is 107 cm³/mol. The van der Waals surface area contributed by atoms with Gasteiger partial charge in [-0.25, -0.2) is 8.78 Å². The molecular formula is C22H25F2N3O2. The first-order valence-corrected chi connectivity index (χ1v) is 9.98. The van der Waals surface area contributed by atoms with E-state index in [-0.39, 0.29) is 17.8 Å². The molecule has 2 fully saturated rings. The predicted octanol–water partition coefficient (Wildman–Crippen LogP) is 2.63. The molecule has 4 rings (SSSR count). The van der Waals surface area contributed by atoms with Gasteiger partial charge in [-0.3, -0.25) is 9.69 Å². The van der Waals surface area contributed by atoms with Gasteiger partial charge in [-0.05, 0) is 42.5 Å². The molecule has 0 N–H and O–H groups in total. The van der Waals surface area contributed by atoms with Crippen LogP contribution >= 0.6 is 0 Å². The highest BCUT2D eigenvalue weighted by Crippen LogP contribution is 2.18. The molecule has 2 heterocycles. The summed E-state index contributed by atoms with van der Waals surface area (Å²) in [5, 5.41) is 0. The number of benzene rings is 2. The maximum Gasteiger partial charge on any atom is 0.254 e. The third kappa shape index (κ3) is 4.92. The minimum Gasteiger partial charge on any atom is -0.373 e. The Hall–Kier alpha value is -2.51. The second-order valence-electron chi connectivity index (χ2n) is 7.52. The van der Waals surface area contributed by atoms with E-state index in [0.717, 1.165) is 38.4 Å². The summed E-state index contributed by atoms with van der Waals surface area (Å²) in [6.45, 7) is 5.77. The van der Waals surface area contributed by atoms with Gasteiger partial charge in [0.05, 0.1) is 12.7 Å². The normalized spacial score (nSPS) is 20.7. The number of hydrogen-bond donors (Lipinski definition) is 0. The number of piperazine rings is 1. The average Bonchev–Trinajstić information content (AvgIpc) is 2.75. The molecule has 1 unspecified atom stereocenters. The number of hydrogen-bond acceptors (Lipinski definition) is 4. The number of nitrogens with zero attached hydrogens (tertiary/aromatic N) is 3. The van der Waals surface area contributed by atoms with Crippen molar-refractivity contribution >= 4 is 11.6 Å². The number of anilines is 1. The van der Waals surface area contributed by atoms with Crippen LogP contribution in [0, 0.1) is 11.6 Å². The highest BCUT2D eigenvalue weighted by atomic mass is 19.1. The summed E-state index contributed by atoms with van der Waals surface area (Å²) in [6, 6.07) is 12.4. The smallest absolute Gasteiger partial charge is 0.254 e. The third-order valence-electron chi connectivity index (χ3n) is 5.52. The van der Waals surface area contributed by atoms with Crippen LogP contribution in [-0.4, -0.2) is 74.2 Å². The van der Waals surface area contributed by atoms with Crippen LogP contribution in [0.2, 0.25) is 0 Å². The number of ether oxygens (including phenoxy) is 1. The van der Waals surface area contributed by atoms with Crippen LogP contribution in [0.4, 0.5) is 14.5 Å². The van der Waals surface area contributed by atoms with Crippen molar-refractivity contribution in [3.63, 3.8) is 0 Å². The van der Waals surface area contributed by atoms with E-state index in [4.69, 9.17) is 4.74 Å². The molecule has 0 aromatic heterocycles. The lowest BCUT2D eigenvalue weighted by Gasteiger charge is -2.40. The van der Waals surface area contributed by atoms with E-state index in [9.17, 15) is 13.6 Å². The maximum atomic E-state index is 13.4. The summed E-state index contributed by atoms with van der Waals surface area (Å²) in [4.78, 5) is 19.0. The van der Waals surface area contributed by atoms with Crippen molar-refractivity contribution in [2.45, 2.75) is 6.10 Å². The number of morpholine rings is 1. The Morgan fingerprint density at radius 2 is 1.72 bits per heavy atom. The summed E-state index contributed by atoms with van der Waals surface area (Å²) in [5.41, 5.74) is 1.41. The standard InChI is InChI=1S/C22H25F2N3O2/c23-18-4-6-20(7-5-18)26-10-8-25(9-11-26)15-21-16-27(12-13-29-21)22(28)17-2-1-3-19(24)14-17/h1-7,14,21H,8-13,15-16H2. The molecule has 29 heavy (non-hydrogen) atoms. The molecule has 0 saturated carbocycles. The van der Waals surface area contributed by atoms with Crippen molar-refractivity contribution in [3.05, 3.63) is 65.7 Å². The SMILES string of the molecule is O=C(c1cccc(F)c1)N1CCOC(CN2CCN(c3ccc(F)cc3)CC2)C1. The van der Waals surface area contributed by atoms with Crippen molar-refractivity contribution in [2.75, 3.05) is 57.3 Å². The minimum atomic E-state index is -0.403. The Morgan fingerprint density at radius 1 is 0.966 bits per heavy atom.